The molecule has 0 spiro atoms. The van der Waals surface area contributed by atoms with E-state index >= 15 is 0 Å². The molecular weight excluding hydrogens is 196 g/mol. The lowest BCUT2D eigenvalue weighted by molar-refractivity contribution is 1.39. The van der Waals surface area contributed by atoms with Gasteiger partial charge in [-0.1, -0.05) is 12.1 Å². The highest BCUT2D eigenvalue weighted by Gasteiger charge is 1.99. The zero-order valence-corrected chi connectivity index (χ0v) is 9.63. The van der Waals surface area contributed by atoms with Crippen LogP contribution in [0.25, 0.3) is 21.8 Å². The summed E-state index contributed by atoms with van der Waals surface area (Å²) < 4.78 is 0. The van der Waals surface area contributed by atoms with Crippen molar-refractivity contribution in [3.05, 3.63) is 48.8 Å². The Bertz CT molecular complexity index is 553. The third kappa shape index (κ3) is 1.68. The minimum Gasteiger partial charge on any atom is -0.256 e. The van der Waals surface area contributed by atoms with Gasteiger partial charge in [0.25, 0.3) is 0 Å². The second kappa shape index (κ2) is 4.12. The first-order valence-electron chi connectivity index (χ1n) is 4.53. The SMILES string of the molecule is [Mg].c1cnc2c(c1)ccc1ncccc12. The van der Waals surface area contributed by atoms with Gasteiger partial charge in [-0.3, -0.25) is 9.97 Å². The third-order valence-corrected chi connectivity index (χ3v) is 2.35. The molecule has 0 aliphatic carbocycles. The largest absolute Gasteiger partial charge is 0.256 e. The molecular formula is C12H8MgN2. The van der Waals surface area contributed by atoms with Crippen LogP contribution in [-0.4, -0.2) is 33.0 Å². The molecule has 0 saturated carbocycles. The van der Waals surface area contributed by atoms with Crippen LogP contribution < -0.4 is 0 Å². The fourth-order valence-electron chi connectivity index (χ4n) is 1.70. The summed E-state index contributed by atoms with van der Waals surface area (Å²) in [5, 5.41) is 2.28. The van der Waals surface area contributed by atoms with Gasteiger partial charge in [-0.2, -0.15) is 0 Å². The Morgan fingerprint density at radius 2 is 1.60 bits per heavy atom. The molecule has 0 atom stereocenters. The first kappa shape index (κ1) is 10.3. The molecule has 68 valence electrons. The number of nitrogens with zero attached hydrogens (tertiary/aromatic N) is 2. The molecule has 0 unspecified atom stereocenters. The lowest BCUT2D eigenvalue weighted by atomic mass is 10.1. The lowest BCUT2D eigenvalue weighted by Gasteiger charge is -2.00. The summed E-state index contributed by atoms with van der Waals surface area (Å²) in [6.07, 6.45) is 3.62. The Hall–Kier alpha value is -1.19. The Morgan fingerprint density at radius 3 is 2.53 bits per heavy atom. The van der Waals surface area contributed by atoms with Crippen LogP contribution in [-0.2, 0) is 0 Å². The maximum Gasteiger partial charge on any atom is 0.0795 e. The second-order valence-corrected chi connectivity index (χ2v) is 3.21. The van der Waals surface area contributed by atoms with Crippen molar-refractivity contribution in [2.24, 2.45) is 0 Å². The molecule has 0 amide bonds. The Balaban J connectivity index is 0.000000853. The first-order chi connectivity index (χ1) is 6.95. The van der Waals surface area contributed by atoms with E-state index in [4.69, 9.17) is 0 Å². The van der Waals surface area contributed by atoms with Crippen molar-refractivity contribution >= 4 is 44.9 Å². The Labute approximate surface area is 104 Å². The molecule has 15 heavy (non-hydrogen) atoms. The highest BCUT2D eigenvalue weighted by atomic mass is 24.3. The molecule has 2 radical (unpaired) electrons. The number of aromatic nitrogens is 2. The monoisotopic (exact) mass is 204 g/mol. The van der Waals surface area contributed by atoms with E-state index in [0.717, 1.165) is 21.8 Å². The van der Waals surface area contributed by atoms with Gasteiger partial charge in [-0.15, -0.1) is 0 Å². The van der Waals surface area contributed by atoms with Gasteiger partial charge >= 0.3 is 0 Å². The van der Waals surface area contributed by atoms with Gasteiger partial charge in [0.05, 0.1) is 11.0 Å². The first-order valence-corrected chi connectivity index (χ1v) is 4.53. The van der Waals surface area contributed by atoms with Crippen LogP contribution in [0.15, 0.2) is 48.8 Å². The zero-order valence-electron chi connectivity index (χ0n) is 8.22. The van der Waals surface area contributed by atoms with Crippen LogP contribution >= 0.6 is 0 Å². The number of hydrogen-bond donors (Lipinski definition) is 0. The third-order valence-electron chi connectivity index (χ3n) is 2.35. The molecule has 2 heterocycles. The summed E-state index contributed by atoms with van der Waals surface area (Å²) in [4.78, 5) is 8.66. The highest BCUT2D eigenvalue weighted by molar-refractivity contribution is 6.03. The van der Waals surface area contributed by atoms with Crippen LogP contribution in [0.2, 0.25) is 0 Å². The molecule has 2 nitrogen and oxygen atoms in total. The molecule has 3 aromatic rings. The second-order valence-electron chi connectivity index (χ2n) is 3.21. The number of pyridine rings is 2. The smallest absolute Gasteiger partial charge is 0.0795 e. The van der Waals surface area contributed by atoms with E-state index in [1.165, 1.54) is 0 Å². The van der Waals surface area contributed by atoms with Crippen molar-refractivity contribution in [2.75, 3.05) is 0 Å². The summed E-state index contributed by atoms with van der Waals surface area (Å²) in [5.41, 5.74) is 2.02. The zero-order chi connectivity index (χ0) is 9.38. The van der Waals surface area contributed by atoms with E-state index in [9.17, 15) is 0 Å². The van der Waals surface area contributed by atoms with E-state index in [-0.39, 0.29) is 23.1 Å². The van der Waals surface area contributed by atoms with E-state index in [1.54, 1.807) is 6.20 Å². The van der Waals surface area contributed by atoms with Gasteiger partial charge in [-0.05, 0) is 24.3 Å². The van der Waals surface area contributed by atoms with E-state index in [2.05, 4.69) is 28.2 Å². The van der Waals surface area contributed by atoms with Gasteiger partial charge in [0, 0.05) is 46.2 Å². The molecule has 3 heteroatoms. The van der Waals surface area contributed by atoms with Crippen molar-refractivity contribution in [2.45, 2.75) is 0 Å². The number of benzene rings is 1. The van der Waals surface area contributed by atoms with Gasteiger partial charge in [0.15, 0.2) is 0 Å². The minimum absolute atomic E-state index is 0. The molecule has 0 aliphatic heterocycles. The standard InChI is InChI=1S/C12H8N2.Mg/c1-3-9-5-6-11-10(4-2-7-13-11)12(9)14-8-1;/h1-8H;. The minimum atomic E-state index is 0. The molecule has 0 N–H and O–H groups in total. The average molecular weight is 205 g/mol. The predicted molar refractivity (Wildman–Crippen MR) is 62.8 cm³/mol. The number of hydrogen-bond acceptors (Lipinski definition) is 2. The van der Waals surface area contributed by atoms with E-state index in [1.807, 2.05) is 24.4 Å². The van der Waals surface area contributed by atoms with Crippen molar-refractivity contribution in [1.82, 2.24) is 9.97 Å². The molecule has 0 bridgehead atoms. The van der Waals surface area contributed by atoms with Gasteiger partial charge in [0.1, 0.15) is 0 Å². The number of rotatable bonds is 0. The summed E-state index contributed by atoms with van der Waals surface area (Å²) in [6, 6.07) is 12.1. The summed E-state index contributed by atoms with van der Waals surface area (Å²) in [6.45, 7) is 0. The van der Waals surface area contributed by atoms with E-state index in [0.29, 0.717) is 0 Å². The van der Waals surface area contributed by atoms with Gasteiger partial charge < -0.3 is 0 Å². The van der Waals surface area contributed by atoms with Crippen molar-refractivity contribution in [1.29, 1.82) is 0 Å². The van der Waals surface area contributed by atoms with Gasteiger partial charge in [0.2, 0.25) is 0 Å². The quantitative estimate of drug-likeness (QED) is 0.415. The molecule has 3 rings (SSSR count). The maximum absolute atomic E-state index is 4.37. The van der Waals surface area contributed by atoms with Gasteiger partial charge in [-0.25, -0.2) is 0 Å². The van der Waals surface area contributed by atoms with Crippen LogP contribution in [0, 0.1) is 0 Å². The molecule has 0 fully saturated rings. The molecule has 0 aliphatic rings. The molecule has 1 aromatic carbocycles. The Morgan fingerprint density at radius 1 is 0.800 bits per heavy atom. The molecule has 2 aromatic heterocycles. The topological polar surface area (TPSA) is 25.8 Å². The Kier molecular flexibility index (Phi) is 2.84. The summed E-state index contributed by atoms with van der Waals surface area (Å²) >= 11 is 0. The van der Waals surface area contributed by atoms with Crippen LogP contribution in [0.4, 0.5) is 0 Å². The van der Waals surface area contributed by atoms with Crippen LogP contribution in [0.3, 0.4) is 0 Å². The fraction of sp³-hybridized carbons (Fsp3) is 0. The maximum atomic E-state index is 4.37. The van der Waals surface area contributed by atoms with Crippen molar-refractivity contribution in [3.63, 3.8) is 0 Å². The fourth-order valence-corrected chi connectivity index (χ4v) is 1.70. The predicted octanol–water partition coefficient (Wildman–Crippen LogP) is 2.40. The van der Waals surface area contributed by atoms with Crippen LogP contribution in [0.1, 0.15) is 0 Å². The van der Waals surface area contributed by atoms with E-state index < -0.39 is 0 Å². The van der Waals surface area contributed by atoms with Crippen LogP contribution in [0.5, 0.6) is 0 Å². The molecule has 0 saturated heterocycles. The summed E-state index contributed by atoms with van der Waals surface area (Å²) in [7, 11) is 0. The number of fused-ring (bicyclic) bond motifs is 3. The highest BCUT2D eigenvalue weighted by Crippen LogP contribution is 2.20. The van der Waals surface area contributed by atoms with Crippen molar-refractivity contribution in [3.8, 4) is 0 Å². The van der Waals surface area contributed by atoms with Crippen molar-refractivity contribution < 1.29 is 0 Å². The average Bonchev–Trinajstić information content (AvgIpc) is 2.29. The normalized spacial score (nSPS) is 10.1. The summed E-state index contributed by atoms with van der Waals surface area (Å²) in [5.74, 6) is 0. The lowest BCUT2D eigenvalue weighted by Crippen LogP contribution is -1.82.